The largest absolute Gasteiger partial charge is 0.497 e. The van der Waals surface area contributed by atoms with Crippen LogP contribution >= 0.6 is 11.3 Å². The van der Waals surface area contributed by atoms with Gasteiger partial charge in [0.05, 0.1) is 56.2 Å². The Kier molecular flexibility index (Phi) is 5.14. The van der Waals surface area contributed by atoms with E-state index in [0.717, 1.165) is 60.5 Å². The Balaban J connectivity index is 1.18. The van der Waals surface area contributed by atoms with Gasteiger partial charge in [0, 0.05) is 17.0 Å². The lowest BCUT2D eigenvalue weighted by atomic mass is 10.1. The number of carbonyl (C=O) groups is 1. The van der Waals surface area contributed by atoms with Gasteiger partial charge in [-0.15, -0.1) is 11.3 Å². The summed E-state index contributed by atoms with van der Waals surface area (Å²) >= 11 is 1.77. The third-order valence-corrected chi connectivity index (χ3v) is 6.80. The number of aromatic nitrogens is 1. The molecule has 6 nitrogen and oxygen atoms in total. The molecule has 5 rings (SSSR count). The standard InChI is InChI=1S/C23H23N3O3S/c1-28-17-6-7-18-16(15-29-20(18)13-17)12-23(27)26-10-8-25(9-11-26)14-22-24-19-4-2-3-5-21(19)30-22/h2-7,13,15H,8-12,14H2,1H3/p+1. The molecule has 0 saturated carbocycles. The van der Waals surface area contributed by atoms with Gasteiger partial charge in [0.15, 0.2) is 0 Å². The zero-order valence-electron chi connectivity index (χ0n) is 16.9. The molecular formula is C23H24N3O3S+. The highest BCUT2D eigenvalue weighted by Crippen LogP contribution is 2.26. The molecule has 30 heavy (non-hydrogen) atoms. The van der Waals surface area contributed by atoms with Gasteiger partial charge in [0.2, 0.25) is 5.91 Å². The summed E-state index contributed by atoms with van der Waals surface area (Å²) < 4.78 is 12.1. The number of nitrogens with zero attached hydrogens (tertiary/aromatic N) is 2. The van der Waals surface area contributed by atoms with Crippen LogP contribution in [0.15, 0.2) is 53.1 Å². The number of thiazole rings is 1. The van der Waals surface area contributed by atoms with Gasteiger partial charge < -0.3 is 19.0 Å². The molecule has 1 saturated heterocycles. The number of hydrogen-bond acceptors (Lipinski definition) is 5. The second-order valence-electron chi connectivity index (χ2n) is 7.68. The zero-order valence-corrected chi connectivity index (χ0v) is 17.7. The summed E-state index contributed by atoms with van der Waals surface area (Å²) in [7, 11) is 1.63. The van der Waals surface area contributed by atoms with E-state index in [9.17, 15) is 4.79 Å². The SMILES string of the molecule is COc1ccc2c(CC(=O)N3CC[NH+](Cc4nc5ccccc5s4)CC3)coc2c1. The smallest absolute Gasteiger partial charge is 0.227 e. The fourth-order valence-corrected chi connectivity index (χ4v) is 5.10. The molecule has 1 aliphatic rings. The predicted octanol–water partition coefficient (Wildman–Crippen LogP) is 2.52. The minimum atomic E-state index is 0.160. The number of carbonyl (C=O) groups excluding carboxylic acids is 1. The fraction of sp³-hybridized carbons (Fsp3) is 0.304. The number of quaternary nitrogens is 1. The average Bonchev–Trinajstić information content (AvgIpc) is 3.37. The molecule has 0 bridgehead atoms. The number of methoxy groups -OCH3 is 1. The van der Waals surface area contributed by atoms with Crippen LogP contribution in [0.2, 0.25) is 0 Å². The van der Waals surface area contributed by atoms with E-state index in [1.807, 2.05) is 29.2 Å². The molecule has 0 atom stereocenters. The number of ether oxygens (including phenoxy) is 1. The van der Waals surface area contributed by atoms with Crippen molar-refractivity contribution in [2.75, 3.05) is 33.3 Å². The molecule has 0 unspecified atom stereocenters. The number of para-hydroxylation sites is 1. The number of hydrogen-bond donors (Lipinski definition) is 1. The molecule has 1 fully saturated rings. The van der Waals surface area contributed by atoms with E-state index in [1.54, 1.807) is 24.7 Å². The summed E-state index contributed by atoms with van der Waals surface area (Å²) in [6, 6.07) is 14.0. The average molecular weight is 423 g/mol. The molecule has 1 amide bonds. The van der Waals surface area contributed by atoms with E-state index in [1.165, 1.54) is 14.6 Å². The van der Waals surface area contributed by atoms with Gasteiger partial charge >= 0.3 is 0 Å². The van der Waals surface area contributed by atoms with Crippen molar-refractivity contribution < 1.29 is 18.8 Å². The van der Waals surface area contributed by atoms with Crippen molar-refractivity contribution in [2.24, 2.45) is 0 Å². The highest BCUT2D eigenvalue weighted by atomic mass is 32.1. The third kappa shape index (κ3) is 3.78. The molecule has 1 aliphatic heterocycles. The van der Waals surface area contributed by atoms with Crippen molar-refractivity contribution in [1.82, 2.24) is 9.88 Å². The fourth-order valence-electron chi connectivity index (χ4n) is 4.06. The summed E-state index contributed by atoms with van der Waals surface area (Å²) in [6.45, 7) is 4.39. The molecular weight excluding hydrogens is 398 g/mol. The molecule has 0 radical (unpaired) electrons. The van der Waals surface area contributed by atoms with E-state index in [0.29, 0.717) is 6.42 Å². The molecule has 2 aromatic carbocycles. The molecule has 4 aromatic rings. The van der Waals surface area contributed by atoms with E-state index >= 15 is 0 Å². The summed E-state index contributed by atoms with van der Waals surface area (Å²) in [4.78, 5) is 21.1. The van der Waals surface area contributed by atoms with Crippen LogP contribution in [0.25, 0.3) is 21.2 Å². The Labute approximate surface area is 178 Å². The molecule has 2 aromatic heterocycles. The normalized spacial score (nSPS) is 15.2. The summed E-state index contributed by atoms with van der Waals surface area (Å²) in [5.74, 6) is 0.912. The van der Waals surface area contributed by atoms with Crippen LogP contribution in [0.3, 0.4) is 0 Å². The number of rotatable bonds is 5. The maximum absolute atomic E-state index is 12.9. The topological polar surface area (TPSA) is 60.0 Å². The van der Waals surface area contributed by atoms with Crippen LogP contribution in [0.1, 0.15) is 10.6 Å². The second-order valence-corrected chi connectivity index (χ2v) is 8.80. The van der Waals surface area contributed by atoms with E-state index in [2.05, 4.69) is 18.2 Å². The quantitative estimate of drug-likeness (QED) is 0.537. The van der Waals surface area contributed by atoms with Crippen molar-refractivity contribution in [3.05, 3.63) is 59.3 Å². The van der Waals surface area contributed by atoms with Gasteiger partial charge in [-0.2, -0.15) is 0 Å². The Morgan fingerprint density at radius 3 is 2.87 bits per heavy atom. The Morgan fingerprint density at radius 1 is 1.23 bits per heavy atom. The van der Waals surface area contributed by atoms with Crippen LogP contribution in [-0.2, 0) is 17.8 Å². The van der Waals surface area contributed by atoms with Gasteiger partial charge in [-0.05, 0) is 24.3 Å². The monoisotopic (exact) mass is 422 g/mol. The van der Waals surface area contributed by atoms with Crippen molar-refractivity contribution in [1.29, 1.82) is 0 Å². The van der Waals surface area contributed by atoms with Crippen molar-refractivity contribution in [3.63, 3.8) is 0 Å². The molecule has 1 N–H and O–H groups in total. The molecule has 3 heterocycles. The van der Waals surface area contributed by atoms with Gasteiger partial charge in [0.1, 0.15) is 22.9 Å². The number of fused-ring (bicyclic) bond motifs is 2. The lowest BCUT2D eigenvalue weighted by molar-refractivity contribution is -0.917. The Hall–Kier alpha value is -2.90. The maximum Gasteiger partial charge on any atom is 0.227 e. The van der Waals surface area contributed by atoms with Gasteiger partial charge in [0.25, 0.3) is 0 Å². The van der Waals surface area contributed by atoms with Crippen molar-refractivity contribution in [3.8, 4) is 5.75 Å². The number of piperazine rings is 1. The van der Waals surface area contributed by atoms with Crippen LogP contribution in [0.5, 0.6) is 5.75 Å². The van der Waals surface area contributed by atoms with Crippen LogP contribution in [0, 0.1) is 0 Å². The zero-order chi connectivity index (χ0) is 20.5. The Morgan fingerprint density at radius 2 is 2.07 bits per heavy atom. The van der Waals surface area contributed by atoms with Crippen LogP contribution in [-0.4, -0.2) is 49.1 Å². The van der Waals surface area contributed by atoms with E-state index < -0.39 is 0 Å². The lowest BCUT2D eigenvalue weighted by Gasteiger charge is -2.31. The highest BCUT2D eigenvalue weighted by Gasteiger charge is 2.25. The molecule has 7 heteroatoms. The first-order chi connectivity index (χ1) is 14.7. The first-order valence-corrected chi connectivity index (χ1v) is 11.0. The van der Waals surface area contributed by atoms with Crippen LogP contribution < -0.4 is 9.64 Å². The van der Waals surface area contributed by atoms with Crippen molar-refractivity contribution >= 4 is 38.4 Å². The first-order valence-electron chi connectivity index (χ1n) is 10.2. The minimum absolute atomic E-state index is 0.160. The molecule has 154 valence electrons. The van der Waals surface area contributed by atoms with Crippen LogP contribution in [0.4, 0.5) is 0 Å². The predicted molar refractivity (Wildman–Crippen MR) is 117 cm³/mol. The van der Waals surface area contributed by atoms with Gasteiger partial charge in [-0.1, -0.05) is 12.1 Å². The lowest BCUT2D eigenvalue weighted by Crippen LogP contribution is -3.13. The Bertz CT molecular complexity index is 1160. The number of nitrogens with one attached hydrogen (secondary N) is 1. The second kappa shape index (κ2) is 8.08. The van der Waals surface area contributed by atoms with E-state index in [4.69, 9.17) is 14.1 Å². The summed E-state index contributed by atoms with van der Waals surface area (Å²) in [6.07, 6.45) is 2.06. The third-order valence-electron chi connectivity index (χ3n) is 5.77. The molecule has 0 spiro atoms. The number of amides is 1. The summed E-state index contributed by atoms with van der Waals surface area (Å²) in [5, 5.41) is 2.15. The maximum atomic E-state index is 12.9. The summed E-state index contributed by atoms with van der Waals surface area (Å²) in [5.41, 5.74) is 2.76. The highest BCUT2D eigenvalue weighted by molar-refractivity contribution is 7.18. The molecule has 0 aliphatic carbocycles. The van der Waals surface area contributed by atoms with Gasteiger partial charge in [-0.3, -0.25) is 4.79 Å². The van der Waals surface area contributed by atoms with E-state index in [-0.39, 0.29) is 5.91 Å². The number of furan rings is 1. The van der Waals surface area contributed by atoms with Crippen molar-refractivity contribution in [2.45, 2.75) is 13.0 Å². The minimum Gasteiger partial charge on any atom is -0.497 e. The van der Waals surface area contributed by atoms with Gasteiger partial charge in [-0.25, -0.2) is 4.98 Å². The number of benzene rings is 2. The first kappa shape index (κ1) is 19.1.